The van der Waals surface area contributed by atoms with Crippen LogP contribution in [-0.4, -0.2) is 19.0 Å². The van der Waals surface area contributed by atoms with Crippen LogP contribution < -0.4 is 10.2 Å². The van der Waals surface area contributed by atoms with E-state index in [1.807, 2.05) is 24.3 Å². The van der Waals surface area contributed by atoms with Crippen LogP contribution in [0.25, 0.3) is 0 Å². The van der Waals surface area contributed by atoms with E-state index in [1.165, 1.54) is 16.1 Å². The van der Waals surface area contributed by atoms with Crippen molar-refractivity contribution < 1.29 is 4.79 Å². The Morgan fingerprint density at radius 2 is 1.92 bits per heavy atom. The van der Waals surface area contributed by atoms with E-state index in [9.17, 15) is 4.79 Å². The van der Waals surface area contributed by atoms with Gasteiger partial charge in [-0.25, -0.2) is 0 Å². The third-order valence-corrected chi connectivity index (χ3v) is 6.24. The van der Waals surface area contributed by atoms with Crippen molar-refractivity contribution in [3.63, 3.8) is 0 Å². The molecule has 2 heterocycles. The summed E-state index contributed by atoms with van der Waals surface area (Å²) in [5, 5.41) is 5.22. The molecule has 1 atom stereocenters. The summed E-state index contributed by atoms with van der Waals surface area (Å²) < 4.78 is 0.971. The lowest BCUT2D eigenvalue weighted by atomic mass is 10.1. The number of nitrogens with zero attached hydrogens (tertiary/aromatic N) is 1. The van der Waals surface area contributed by atoms with Gasteiger partial charge in [-0.3, -0.25) is 4.79 Å². The van der Waals surface area contributed by atoms with Gasteiger partial charge in [-0.05, 0) is 53.8 Å². The van der Waals surface area contributed by atoms with E-state index in [0.717, 1.165) is 17.4 Å². The zero-order valence-electron chi connectivity index (χ0n) is 14.2. The second-order valence-electron chi connectivity index (χ2n) is 6.32. The standard InChI is InChI=1S/C21H19BrN2OS/c22-17-9-7-16(8-10-17)21(25)23-14-19(20-6-3-13-26-20)24-12-11-15-4-1-2-5-18(15)24/h1-10,13,19H,11-12,14H2,(H,23,25)/t19-/m0/s1. The number of amides is 1. The number of thiophene rings is 1. The van der Waals surface area contributed by atoms with E-state index in [2.05, 4.69) is 67.9 Å². The highest BCUT2D eigenvalue weighted by atomic mass is 79.9. The van der Waals surface area contributed by atoms with E-state index in [1.54, 1.807) is 11.3 Å². The van der Waals surface area contributed by atoms with Crippen LogP contribution in [0.3, 0.4) is 0 Å². The molecule has 26 heavy (non-hydrogen) atoms. The highest BCUT2D eigenvalue weighted by Crippen LogP contribution is 2.36. The fourth-order valence-corrected chi connectivity index (χ4v) is 4.53. The molecule has 0 saturated carbocycles. The molecule has 3 nitrogen and oxygen atoms in total. The lowest BCUT2D eigenvalue weighted by Crippen LogP contribution is -2.37. The number of hydrogen-bond donors (Lipinski definition) is 1. The zero-order chi connectivity index (χ0) is 17.9. The molecule has 5 heteroatoms. The molecule has 0 saturated heterocycles. The van der Waals surface area contributed by atoms with Gasteiger partial charge in [0.05, 0.1) is 6.04 Å². The van der Waals surface area contributed by atoms with Gasteiger partial charge in [-0.2, -0.15) is 0 Å². The number of hydrogen-bond acceptors (Lipinski definition) is 3. The maximum atomic E-state index is 12.5. The Hall–Kier alpha value is -2.11. The first-order valence-electron chi connectivity index (χ1n) is 8.64. The van der Waals surface area contributed by atoms with Crippen LogP contribution in [0.4, 0.5) is 5.69 Å². The fraction of sp³-hybridized carbons (Fsp3) is 0.190. The van der Waals surface area contributed by atoms with E-state index in [0.29, 0.717) is 12.1 Å². The van der Waals surface area contributed by atoms with Crippen molar-refractivity contribution in [2.24, 2.45) is 0 Å². The van der Waals surface area contributed by atoms with Gasteiger partial charge in [0.2, 0.25) is 0 Å². The number of fused-ring (bicyclic) bond motifs is 1. The van der Waals surface area contributed by atoms with Crippen LogP contribution in [0.1, 0.15) is 26.8 Å². The smallest absolute Gasteiger partial charge is 0.251 e. The van der Waals surface area contributed by atoms with Crippen molar-refractivity contribution in [1.82, 2.24) is 5.32 Å². The lowest BCUT2D eigenvalue weighted by molar-refractivity contribution is 0.0951. The van der Waals surface area contributed by atoms with E-state index in [-0.39, 0.29) is 11.9 Å². The minimum Gasteiger partial charge on any atom is -0.361 e. The second kappa shape index (κ2) is 7.64. The van der Waals surface area contributed by atoms with Crippen molar-refractivity contribution in [1.29, 1.82) is 0 Å². The van der Waals surface area contributed by atoms with Gasteiger partial charge < -0.3 is 10.2 Å². The Bertz CT molecular complexity index is 893. The molecule has 0 spiro atoms. The average molecular weight is 427 g/mol. The van der Waals surface area contributed by atoms with Gasteiger partial charge in [-0.1, -0.05) is 40.2 Å². The molecule has 1 aliphatic rings. The summed E-state index contributed by atoms with van der Waals surface area (Å²) in [6.07, 6.45) is 1.05. The van der Waals surface area contributed by atoms with Gasteiger partial charge in [0, 0.05) is 33.7 Å². The van der Waals surface area contributed by atoms with Crippen molar-refractivity contribution >= 4 is 38.9 Å². The summed E-state index contributed by atoms with van der Waals surface area (Å²) in [5.41, 5.74) is 3.34. The molecule has 4 rings (SSSR count). The maximum Gasteiger partial charge on any atom is 0.251 e. The Labute approximate surface area is 165 Å². The van der Waals surface area contributed by atoms with Gasteiger partial charge in [0.15, 0.2) is 0 Å². The summed E-state index contributed by atoms with van der Waals surface area (Å²) in [4.78, 5) is 16.2. The number of benzene rings is 2. The summed E-state index contributed by atoms with van der Waals surface area (Å²) in [7, 11) is 0. The minimum atomic E-state index is -0.0356. The molecule has 0 bridgehead atoms. The monoisotopic (exact) mass is 426 g/mol. The van der Waals surface area contributed by atoms with Crippen LogP contribution in [0.15, 0.2) is 70.5 Å². The van der Waals surface area contributed by atoms with Crippen LogP contribution in [-0.2, 0) is 6.42 Å². The molecule has 1 aromatic heterocycles. The number of halogens is 1. The molecule has 0 fully saturated rings. The molecule has 1 amide bonds. The zero-order valence-corrected chi connectivity index (χ0v) is 16.6. The van der Waals surface area contributed by atoms with E-state index >= 15 is 0 Å². The third-order valence-electron chi connectivity index (χ3n) is 4.73. The fourth-order valence-electron chi connectivity index (χ4n) is 3.43. The molecule has 3 aromatic rings. The number of carbonyl (C=O) groups is 1. The summed E-state index contributed by atoms with van der Waals surface area (Å²) in [5.74, 6) is -0.0356. The predicted octanol–water partition coefficient (Wildman–Crippen LogP) is 5.04. The van der Waals surface area contributed by atoms with Crippen molar-refractivity contribution in [3.8, 4) is 0 Å². The third kappa shape index (κ3) is 3.55. The minimum absolute atomic E-state index is 0.0356. The Morgan fingerprint density at radius 1 is 1.12 bits per heavy atom. The molecule has 1 aliphatic heterocycles. The van der Waals surface area contributed by atoms with Crippen LogP contribution in [0.2, 0.25) is 0 Å². The molecule has 0 unspecified atom stereocenters. The number of nitrogens with one attached hydrogen (secondary N) is 1. The first-order chi connectivity index (χ1) is 12.7. The Kier molecular flexibility index (Phi) is 5.09. The molecular formula is C21H19BrN2OS. The lowest BCUT2D eigenvalue weighted by Gasteiger charge is -2.30. The maximum absolute atomic E-state index is 12.5. The molecule has 132 valence electrons. The van der Waals surface area contributed by atoms with Gasteiger partial charge >= 0.3 is 0 Å². The number of rotatable bonds is 5. The highest BCUT2D eigenvalue weighted by Gasteiger charge is 2.28. The van der Waals surface area contributed by atoms with Gasteiger partial charge in [0.25, 0.3) is 5.91 Å². The highest BCUT2D eigenvalue weighted by molar-refractivity contribution is 9.10. The van der Waals surface area contributed by atoms with Crippen molar-refractivity contribution in [3.05, 3.63) is 86.5 Å². The van der Waals surface area contributed by atoms with E-state index < -0.39 is 0 Å². The Morgan fingerprint density at radius 3 is 2.69 bits per heavy atom. The predicted molar refractivity (Wildman–Crippen MR) is 111 cm³/mol. The topological polar surface area (TPSA) is 32.3 Å². The summed E-state index contributed by atoms with van der Waals surface area (Å²) in [6.45, 7) is 1.57. The van der Waals surface area contributed by atoms with Crippen LogP contribution in [0, 0.1) is 0 Å². The summed E-state index contributed by atoms with van der Waals surface area (Å²) >= 11 is 5.15. The number of anilines is 1. The first kappa shape index (κ1) is 17.3. The molecule has 0 radical (unpaired) electrons. The SMILES string of the molecule is O=C(NC[C@@H](c1cccs1)N1CCc2ccccc21)c1ccc(Br)cc1. The van der Waals surface area contributed by atoms with Crippen molar-refractivity contribution in [2.75, 3.05) is 18.0 Å². The number of para-hydroxylation sites is 1. The molecular weight excluding hydrogens is 408 g/mol. The van der Waals surface area contributed by atoms with Crippen LogP contribution in [0.5, 0.6) is 0 Å². The number of carbonyl (C=O) groups excluding carboxylic acids is 1. The van der Waals surface area contributed by atoms with Gasteiger partial charge in [-0.15, -0.1) is 11.3 Å². The molecule has 1 N–H and O–H groups in total. The first-order valence-corrected chi connectivity index (χ1v) is 10.3. The van der Waals surface area contributed by atoms with Gasteiger partial charge in [0.1, 0.15) is 0 Å². The Balaban J connectivity index is 1.54. The second-order valence-corrected chi connectivity index (χ2v) is 8.22. The van der Waals surface area contributed by atoms with Crippen LogP contribution >= 0.6 is 27.3 Å². The molecule has 2 aromatic carbocycles. The largest absolute Gasteiger partial charge is 0.361 e. The average Bonchev–Trinajstić information content (AvgIpc) is 3.33. The quantitative estimate of drug-likeness (QED) is 0.619. The molecule has 0 aliphatic carbocycles. The van der Waals surface area contributed by atoms with E-state index in [4.69, 9.17) is 0 Å². The van der Waals surface area contributed by atoms with Crippen molar-refractivity contribution in [2.45, 2.75) is 12.5 Å². The summed E-state index contributed by atoms with van der Waals surface area (Å²) in [6, 6.07) is 20.4. The normalized spacial score (nSPS) is 14.1.